The van der Waals surface area contributed by atoms with Crippen LogP contribution in [-0.2, 0) is 6.42 Å². The smallest absolute Gasteiger partial charge is 0.271 e. The number of rotatable bonds is 7. The van der Waals surface area contributed by atoms with Gasteiger partial charge in [-0.2, -0.15) is 5.10 Å². The highest BCUT2D eigenvalue weighted by Crippen LogP contribution is 2.16. The number of aromatic nitrogens is 2. The van der Waals surface area contributed by atoms with Gasteiger partial charge in [-0.3, -0.25) is 9.48 Å². The second-order valence-corrected chi connectivity index (χ2v) is 6.39. The lowest BCUT2D eigenvalue weighted by Crippen LogP contribution is -2.32. The van der Waals surface area contributed by atoms with Crippen LogP contribution in [0.3, 0.4) is 0 Å². The summed E-state index contributed by atoms with van der Waals surface area (Å²) in [6, 6.07) is 10.2. The summed E-state index contributed by atoms with van der Waals surface area (Å²) in [4.78, 5) is 12.2. The first-order valence-corrected chi connectivity index (χ1v) is 8.93. The van der Waals surface area contributed by atoms with Gasteiger partial charge in [-0.25, -0.2) is 0 Å². The van der Waals surface area contributed by atoms with Crippen molar-refractivity contribution in [2.75, 3.05) is 26.7 Å². The van der Waals surface area contributed by atoms with Crippen molar-refractivity contribution in [2.24, 2.45) is 0 Å². The van der Waals surface area contributed by atoms with E-state index in [1.165, 1.54) is 5.56 Å². The molecule has 2 N–H and O–H groups in total. The van der Waals surface area contributed by atoms with Crippen molar-refractivity contribution in [3.63, 3.8) is 0 Å². The molecule has 2 aromatic rings. The molecule has 1 unspecified atom stereocenters. The number of carbonyl (C=O) groups excluding carboxylic acids is 1. The molecule has 0 spiro atoms. The van der Waals surface area contributed by atoms with Crippen molar-refractivity contribution >= 4 is 5.91 Å². The maximum absolute atomic E-state index is 12.2. The van der Waals surface area contributed by atoms with Crippen molar-refractivity contribution in [3.8, 4) is 5.75 Å². The quantitative estimate of drug-likeness (QED) is 0.757. The van der Waals surface area contributed by atoms with E-state index in [0.717, 1.165) is 44.5 Å². The molecule has 1 saturated heterocycles. The van der Waals surface area contributed by atoms with Gasteiger partial charge in [0.2, 0.25) is 0 Å². The molecule has 6 heteroatoms. The molecule has 1 amide bonds. The molecule has 3 rings (SSSR count). The van der Waals surface area contributed by atoms with Crippen molar-refractivity contribution in [1.82, 2.24) is 20.4 Å². The molecule has 0 saturated carbocycles. The van der Waals surface area contributed by atoms with Crippen LogP contribution in [0, 0.1) is 0 Å². The molecule has 0 radical (unpaired) electrons. The van der Waals surface area contributed by atoms with E-state index < -0.39 is 0 Å². The number of benzene rings is 1. The van der Waals surface area contributed by atoms with E-state index in [2.05, 4.69) is 21.8 Å². The summed E-state index contributed by atoms with van der Waals surface area (Å²) in [5.74, 6) is 0.762. The van der Waals surface area contributed by atoms with E-state index in [1.807, 2.05) is 29.1 Å². The number of nitrogens with zero attached hydrogens (tertiary/aromatic N) is 2. The Morgan fingerprint density at radius 3 is 3.16 bits per heavy atom. The molecule has 6 nitrogen and oxygen atoms in total. The Labute approximate surface area is 148 Å². The molecular weight excluding hydrogens is 316 g/mol. The topological polar surface area (TPSA) is 68.2 Å². The zero-order chi connectivity index (χ0) is 17.5. The fraction of sp³-hybridized carbons (Fsp3) is 0.474. The summed E-state index contributed by atoms with van der Waals surface area (Å²) in [7, 11) is 1.67. The Hall–Kier alpha value is -2.34. The number of hydrogen-bond donors (Lipinski definition) is 2. The van der Waals surface area contributed by atoms with E-state index in [4.69, 9.17) is 4.74 Å². The number of carbonyl (C=O) groups is 1. The van der Waals surface area contributed by atoms with E-state index >= 15 is 0 Å². The van der Waals surface area contributed by atoms with Gasteiger partial charge in [0, 0.05) is 19.3 Å². The van der Waals surface area contributed by atoms with Crippen LogP contribution in [-0.4, -0.2) is 42.4 Å². The van der Waals surface area contributed by atoms with Crippen molar-refractivity contribution in [3.05, 3.63) is 47.8 Å². The molecule has 1 atom stereocenters. The highest BCUT2D eigenvalue weighted by atomic mass is 16.5. The average molecular weight is 342 g/mol. The lowest BCUT2D eigenvalue weighted by Gasteiger charge is -2.22. The van der Waals surface area contributed by atoms with E-state index in [1.54, 1.807) is 13.2 Å². The molecule has 0 aliphatic carbocycles. The Kier molecular flexibility index (Phi) is 6.06. The third-order valence-electron chi connectivity index (χ3n) is 4.55. The van der Waals surface area contributed by atoms with Gasteiger partial charge in [-0.05, 0) is 56.0 Å². The van der Waals surface area contributed by atoms with Gasteiger partial charge in [-0.1, -0.05) is 12.1 Å². The summed E-state index contributed by atoms with van der Waals surface area (Å²) in [6.45, 7) is 2.62. The van der Waals surface area contributed by atoms with Crippen LogP contribution >= 0.6 is 0 Å². The number of piperidine rings is 1. The first-order valence-electron chi connectivity index (χ1n) is 8.93. The zero-order valence-corrected chi connectivity index (χ0v) is 14.7. The van der Waals surface area contributed by atoms with Crippen LogP contribution in [0.5, 0.6) is 5.75 Å². The fourth-order valence-corrected chi connectivity index (χ4v) is 3.13. The Morgan fingerprint density at radius 2 is 2.36 bits per heavy atom. The zero-order valence-electron chi connectivity index (χ0n) is 14.7. The summed E-state index contributed by atoms with van der Waals surface area (Å²) in [6.07, 6.45) is 5.95. The lowest BCUT2D eigenvalue weighted by atomic mass is 10.1. The van der Waals surface area contributed by atoms with Gasteiger partial charge in [0.25, 0.3) is 5.91 Å². The predicted octanol–water partition coefficient (Wildman–Crippen LogP) is 2.18. The molecule has 1 aliphatic rings. The van der Waals surface area contributed by atoms with E-state index in [0.29, 0.717) is 18.3 Å². The van der Waals surface area contributed by atoms with Gasteiger partial charge in [0.05, 0.1) is 13.2 Å². The normalized spacial score (nSPS) is 17.2. The van der Waals surface area contributed by atoms with Gasteiger partial charge in [0.15, 0.2) is 0 Å². The van der Waals surface area contributed by atoms with Gasteiger partial charge < -0.3 is 15.4 Å². The number of nitrogens with one attached hydrogen (secondary N) is 2. The number of hydrogen-bond acceptors (Lipinski definition) is 4. The van der Waals surface area contributed by atoms with Crippen LogP contribution in [0.1, 0.15) is 41.4 Å². The Balaban J connectivity index is 1.44. The van der Waals surface area contributed by atoms with Crippen LogP contribution in [0.4, 0.5) is 0 Å². The molecular formula is C19H26N4O2. The maximum Gasteiger partial charge on any atom is 0.271 e. The number of methoxy groups -OCH3 is 1. The van der Waals surface area contributed by atoms with E-state index in [9.17, 15) is 4.79 Å². The second-order valence-electron chi connectivity index (χ2n) is 6.39. The largest absolute Gasteiger partial charge is 0.497 e. The summed E-state index contributed by atoms with van der Waals surface area (Å²) in [5.41, 5.74) is 1.70. The first kappa shape index (κ1) is 17.5. The molecule has 1 fully saturated rings. The molecule has 1 aromatic carbocycles. The third-order valence-corrected chi connectivity index (χ3v) is 4.55. The number of amides is 1. The third kappa shape index (κ3) is 4.82. The number of aryl methyl sites for hydroxylation is 1. The summed E-state index contributed by atoms with van der Waals surface area (Å²) < 4.78 is 7.14. The van der Waals surface area contributed by atoms with Crippen LogP contribution < -0.4 is 15.4 Å². The Morgan fingerprint density at radius 1 is 1.44 bits per heavy atom. The van der Waals surface area contributed by atoms with Gasteiger partial charge in [-0.15, -0.1) is 0 Å². The minimum atomic E-state index is -0.104. The van der Waals surface area contributed by atoms with Gasteiger partial charge in [0.1, 0.15) is 11.4 Å². The van der Waals surface area contributed by atoms with Crippen molar-refractivity contribution in [1.29, 1.82) is 0 Å². The maximum atomic E-state index is 12.2. The molecule has 1 aromatic heterocycles. The summed E-state index contributed by atoms with van der Waals surface area (Å²) >= 11 is 0. The number of ether oxygens (including phenoxy) is 1. The molecule has 0 bridgehead atoms. The van der Waals surface area contributed by atoms with Crippen molar-refractivity contribution < 1.29 is 9.53 Å². The minimum Gasteiger partial charge on any atom is -0.497 e. The predicted molar refractivity (Wildman–Crippen MR) is 97.0 cm³/mol. The fourth-order valence-electron chi connectivity index (χ4n) is 3.13. The highest BCUT2D eigenvalue weighted by Gasteiger charge is 2.17. The lowest BCUT2D eigenvalue weighted by molar-refractivity contribution is 0.0947. The van der Waals surface area contributed by atoms with Crippen LogP contribution in [0.15, 0.2) is 36.5 Å². The summed E-state index contributed by atoms with van der Waals surface area (Å²) in [5, 5.41) is 10.8. The van der Waals surface area contributed by atoms with Crippen LogP contribution in [0.25, 0.3) is 0 Å². The van der Waals surface area contributed by atoms with Crippen molar-refractivity contribution in [2.45, 2.75) is 31.7 Å². The Bertz CT molecular complexity index is 692. The minimum absolute atomic E-state index is 0.104. The standard InChI is InChI=1S/C19H26N4O2/c1-25-17-8-2-5-15(13-17)6-3-11-21-19(24)18-9-12-23(22-18)16-7-4-10-20-14-16/h2,5,8-9,12-13,16,20H,3-4,6-7,10-11,14H2,1H3,(H,21,24). The molecule has 2 heterocycles. The van der Waals surface area contributed by atoms with Crippen LogP contribution in [0.2, 0.25) is 0 Å². The molecule has 25 heavy (non-hydrogen) atoms. The monoisotopic (exact) mass is 342 g/mol. The van der Waals surface area contributed by atoms with E-state index in [-0.39, 0.29) is 5.91 Å². The molecule has 134 valence electrons. The van der Waals surface area contributed by atoms with Gasteiger partial charge >= 0.3 is 0 Å². The average Bonchev–Trinajstić information content (AvgIpc) is 3.16. The molecule has 1 aliphatic heterocycles. The SMILES string of the molecule is COc1cccc(CCCNC(=O)c2ccn(C3CCCNC3)n2)c1. The highest BCUT2D eigenvalue weighted by molar-refractivity contribution is 5.92. The second kappa shape index (κ2) is 8.67. The first-order chi connectivity index (χ1) is 12.3.